The molecule has 0 heterocycles. The number of amides is 1. The van der Waals surface area contributed by atoms with E-state index in [1.165, 1.54) is 0 Å². The largest absolute Gasteiger partial charge is 0.399 e. The Morgan fingerprint density at radius 3 is 2.14 bits per heavy atom. The van der Waals surface area contributed by atoms with Crippen LogP contribution in [0.2, 0.25) is 0 Å². The lowest BCUT2D eigenvalue weighted by Gasteiger charge is -2.31. The van der Waals surface area contributed by atoms with E-state index in [2.05, 4.69) is 0 Å². The van der Waals surface area contributed by atoms with Crippen LogP contribution < -0.4 is 10.6 Å². The van der Waals surface area contributed by atoms with Gasteiger partial charge in [0.2, 0.25) is 5.91 Å². The first-order valence-electron chi connectivity index (χ1n) is 7.20. The highest BCUT2D eigenvalue weighted by molar-refractivity contribution is 6.00. The molecular weight excluding hydrogens is 260 g/mol. The molecule has 3 heteroatoms. The second-order valence-electron chi connectivity index (χ2n) is 5.63. The summed E-state index contributed by atoms with van der Waals surface area (Å²) in [6.07, 6.45) is 0. The van der Waals surface area contributed by atoms with Crippen LogP contribution in [-0.4, -0.2) is 12.5 Å². The van der Waals surface area contributed by atoms with Gasteiger partial charge in [-0.3, -0.25) is 4.79 Å². The van der Waals surface area contributed by atoms with Crippen molar-refractivity contribution in [2.75, 3.05) is 17.2 Å². The Bertz CT molecular complexity index is 603. The first-order valence-corrected chi connectivity index (χ1v) is 7.20. The molecule has 2 aromatic rings. The fourth-order valence-electron chi connectivity index (χ4n) is 2.41. The smallest absolute Gasteiger partial charge is 0.237 e. The molecule has 3 nitrogen and oxygen atoms in total. The Balaban J connectivity index is 2.34. The van der Waals surface area contributed by atoms with Gasteiger partial charge in [0.05, 0.1) is 5.41 Å². The number of anilines is 2. The summed E-state index contributed by atoms with van der Waals surface area (Å²) in [5.41, 5.74) is 7.74. The molecule has 0 aliphatic rings. The van der Waals surface area contributed by atoms with Crippen LogP contribution in [0.15, 0.2) is 54.6 Å². The zero-order chi connectivity index (χ0) is 15.5. The Morgan fingerprint density at radius 1 is 1.05 bits per heavy atom. The Morgan fingerprint density at radius 2 is 1.62 bits per heavy atom. The molecule has 0 bridgehead atoms. The van der Waals surface area contributed by atoms with Crippen molar-refractivity contribution in [2.24, 2.45) is 0 Å². The van der Waals surface area contributed by atoms with Gasteiger partial charge in [-0.2, -0.15) is 0 Å². The molecular formula is C18H22N2O. The third-order valence-electron chi connectivity index (χ3n) is 3.80. The summed E-state index contributed by atoms with van der Waals surface area (Å²) < 4.78 is 0. The number of carbonyl (C=O) groups excluding carboxylic acids is 1. The first kappa shape index (κ1) is 15.1. The van der Waals surface area contributed by atoms with Crippen molar-refractivity contribution in [3.05, 3.63) is 60.2 Å². The topological polar surface area (TPSA) is 46.3 Å². The summed E-state index contributed by atoms with van der Waals surface area (Å²) in [7, 11) is 0. The van der Waals surface area contributed by atoms with Gasteiger partial charge in [0.1, 0.15) is 0 Å². The maximum atomic E-state index is 13.0. The van der Waals surface area contributed by atoms with Crippen LogP contribution in [0.1, 0.15) is 26.3 Å². The van der Waals surface area contributed by atoms with E-state index >= 15 is 0 Å². The molecule has 0 fully saturated rings. The second kappa shape index (κ2) is 6.00. The molecule has 0 saturated heterocycles. The molecule has 2 N–H and O–H groups in total. The van der Waals surface area contributed by atoms with E-state index in [-0.39, 0.29) is 5.91 Å². The number of carbonyl (C=O) groups is 1. The fraction of sp³-hybridized carbons (Fsp3) is 0.278. The number of rotatable bonds is 4. The molecule has 0 aliphatic carbocycles. The number of benzene rings is 2. The zero-order valence-corrected chi connectivity index (χ0v) is 12.8. The second-order valence-corrected chi connectivity index (χ2v) is 5.63. The Kier molecular flexibility index (Phi) is 4.32. The van der Waals surface area contributed by atoms with E-state index in [0.717, 1.165) is 11.3 Å². The van der Waals surface area contributed by atoms with Gasteiger partial charge in [0, 0.05) is 17.9 Å². The van der Waals surface area contributed by atoms with Crippen LogP contribution in [-0.2, 0) is 10.2 Å². The molecule has 110 valence electrons. The van der Waals surface area contributed by atoms with Crippen LogP contribution in [0.3, 0.4) is 0 Å². The number of hydrogen-bond donors (Lipinski definition) is 1. The van der Waals surface area contributed by atoms with Crippen LogP contribution in [0, 0.1) is 0 Å². The zero-order valence-electron chi connectivity index (χ0n) is 12.8. The Labute approximate surface area is 126 Å². The van der Waals surface area contributed by atoms with Crippen molar-refractivity contribution < 1.29 is 4.79 Å². The van der Waals surface area contributed by atoms with Crippen LogP contribution >= 0.6 is 0 Å². The van der Waals surface area contributed by atoms with E-state index in [9.17, 15) is 4.79 Å². The number of likely N-dealkylation sites (N-methyl/N-ethyl adjacent to an activating group) is 1. The van der Waals surface area contributed by atoms with Gasteiger partial charge < -0.3 is 10.6 Å². The predicted molar refractivity (Wildman–Crippen MR) is 88.3 cm³/mol. The van der Waals surface area contributed by atoms with Gasteiger partial charge in [-0.25, -0.2) is 0 Å². The van der Waals surface area contributed by atoms with Crippen molar-refractivity contribution in [1.29, 1.82) is 0 Å². The van der Waals surface area contributed by atoms with Crippen LogP contribution in [0.5, 0.6) is 0 Å². The van der Waals surface area contributed by atoms with E-state index in [1.54, 1.807) is 4.90 Å². The number of nitrogen functional groups attached to an aromatic ring is 1. The van der Waals surface area contributed by atoms with Gasteiger partial charge >= 0.3 is 0 Å². The van der Waals surface area contributed by atoms with Gasteiger partial charge in [0.25, 0.3) is 0 Å². The van der Waals surface area contributed by atoms with Crippen LogP contribution in [0.4, 0.5) is 11.4 Å². The molecule has 21 heavy (non-hydrogen) atoms. The molecule has 0 atom stereocenters. The Hall–Kier alpha value is -2.29. The van der Waals surface area contributed by atoms with Gasteiger partial charge in [-0.05, 0) is 50.6 Å². The summed E-state index contributed by atoms with van der Waals surface area (Å²) in [4.78, 5) is 14.8. The summed E-state index contributed by atoms with van der Waals surface area (Å²) in [5.74, 6) is 0.0842. The average molecular weight is 282 g/mol. The fourth-order valence-corrected chi connectivity index (χ4v) is 2.41. The molecule has 0 unspecified atom stereocenters. The third-order valence-corrected chi connectivity index (χ3v) is 3.80. The van der Waals surface area contributed by atoms with E-state index in [1.807, 2.05) is 75.4 Å². The maximum absolute atomic E-state index is 13.0. The highest BCUT2D eigenvalue weighted by Gasteiger charge is 2.33. The van der Waals surface area contributed by atoms with E-state index < -0.39 is 5.41 Å². The highest BCUT2D eigenvalue weighted by atomic mass is 16.2. The van der Waals surface area contributed by atoms with Gasteiger partial charge in [0.15, 0.2) is 0 Å². The monoisotopic (exact) mass is 282 g/mol. The number of nitrogens with zero attached hydrogens (tertiary/aromatic N) is 1. The molecule has 2 rings (SSSR count). The van der Waals surface area contributed by atoms with E-state index in [0.29, 0.717) is 12.2 Å². The molecule has 0 aromatic heterocycles. The maximum Gasteiger partial charge on any atom is 0.237 e. The molecule has 1 amide bonds. The summed E-state index contributed by atoms with van der Waals surface area (Å²) in [5, 5.41) is 0. The summed E-state index contributed by atoms with van der Waals surface area (Å²) in [6.45, 7) is 6.53. The lowest BCUT2D eigenvalue weighted by molar-refractivity contribution is -0.123. The van der Waals surface area contributed by atoms with Crippen LogP contribution in [0.25, 0.3) is 0 Å². The van der Waals surface area contributed by atoms with Crippen molar-refractivity contribution in [1.82, 2.24) is 0 Å². The standard InChI is InChI=1S/C18H22N2O/c1-4-20(16-12-10-15(19)11-13-16)17(21)18(2,3)14-8-6-5-7-9-14/h5-13H,4,19H2,1-3H3. The highest BCUT2D eigenvalue weighted by Crippen LogP contribution is 2.28. The van der Waals surface area contributed by atoms with Crippen molar-refractivity contribution in [3.63, 3.8) is 0 Å². The quantitative estimate of drug-likeness (QED) is 0.871. The van der Waals surface area contributed by atoms with Gasteiger partial charge in [-0.15, -0.1) is 0 Å². The number of nitrogens with two attached hydrogens (primary N) is 1. The van der Waals surface area contributed by atoms with Crippen molar-refractivity contribution in [3.8, 4) is 0 Å². The third kappa shape index (κ3) is 3.07. The lowest BCUT2D eigenvalue weighted by atomic mass is 9.83. The minimum absolute atomic E-state index is 0.0842. The number of hydrogen-bond acceptors (Lipinski definition) is 2. The predicted octanol–water partition coefficient (Wildman–Crippen LogP) is 3.60. The van der Waals surface area contributed by atoms with Gasteiger partial charge in [-0.1, -0.05) is 30.3 Å². The first-order chi connectivity index (χ1) is 9.96. The molecule has 0 saturated carbocycles. The molecule has 0 aliphatic heterocycles. The lowest BCUT2D eigenvalue weighted by Crippen LogP contribution is -2.43. The minimum Gasteiger partial charge on any atom is -0.399 e. The van der Waals surface area contributed by atoms with Crippen molar-refractivity contribution >= 4 is 17.3 Å². The average Bonchev–Trinajstić information content (AvgIpc) is 2.50. The minimum atomic E-state index is -0.571. The molecule has 0 spiro atoms. The SMILES string of the molecule is CCN(C(=O)C(C)(C)c1ccccc1)c1ccc(N)cc1. The normalized spacial score (nSPS) is 11.2. The van der Waals surface area contributed by atoms with E-state index in [4.69, 9.17) is 5.73 Å². The molecule has 2 aromatic carbocycles. The summed E-state index contributed by atoms with van der Waals surface area (Å²) >= 11 is 0. The summed E-state index contributed by atoms with van der Waals surface area (Å²) in [6, 6.07) is 17.3. The van der Waals surface area contributed by atoms with Crippen molar-refractivity contribution in [2.45, 2.75) is 26.2 Å². The molecule has 0 radical (unpaired) electrons.